The number of anilines is 2. The minimum atomic E-state index is -3.60. The molecule has 3 rings (SSSR count). The molecule has 0 bridgehead atoms. The standard InChI is InChI=1S/C21H26ClN3O3S/c1-16-9-10-18(22)15-20(16)23-11-13-24(14-12-23)21(26)17(2)25(29(3,27)28)19-7-5-4-6-8-19/h4-10,15,17H,11-14H2,1-3H3/t17-/m0/s1. The first kappa shape index (κ1) is 21.5. The normalized spacial score (nSPS) is 15.9. The highest BCUT2D eigenvalue weighted by Gasteiger charge is 2.33. The van der Waals surface area contributed by atoms with Gasteiger partial charge in [-0.05, 0) is 43.7 Å². The Morgan fingerprint density at radius 2 is 1.69 bits per heavy atom. The summed E-state index contributed by atoms with van der Waals surface area (Å²) >= 11 is 6.14. The minimum Gasteiger partial charge on any atom is -0.368 e. The zero-order valence-corrected chi connectivity index (χ0v) is 18.4. The molecule has 2 aromatic rings. The number of hydrogen-bond donors (Lipinski definition) is 0. The number of nitrogens with zero attached hydrogens (tertiary/aromatic N) is 3. The number of carbonyl (C=O) groups is 1. The third-order valence-electron chi connectivity index (χ3n) is 5.18. The van der Waals surface area contributed by atoms with Crippen LogP contribution in [0.1, 0.15) is 12.5 Å². The second-order valence-corrected chi connectivity index (χ2v) is 9.61. The number of sulfonamides is 1. The average molecular weight is 436 g/mol. The summed E-state index contributed by atoms with van der Waals surface area (Å²) in [6.45, 7) is 6.08. The summed E-state index contributed by atoms with van der Waals surface area (Å²) in [5, 5.41) is 0.685. The minimum absolute atomic E-state index is 0.193. The van der Waals surface area contributed by atoms with Crippen LogP contribution in [0.4, 0.5) is 11.4 Å². The van der Waals surface area contributed by atoms with E-state index in [0.717, 1.165) is 17.5 Å². The van der Waals surface area contributed by atoms with Gasteiger partial charge in [-0.1, -0.05) is 35.9 Å². The largest absolute Gasteiger partial charge is 0.368 e. The van der Waals surface area contributed by atoms with Crippen molar-refractivity contribution >= 4 is 38.9 Å². The van der Waals surface area contributed by atoms with Gasteiger partial charge in [0.1, 0.15) is 6.04 Å². The van der Waals surface area contributed by atoms with E-state index in [0.29, 0.717) is 36.9 Å². The number of piperazine rings is 1. The molecule has 1 atom stereocenters. The second kappa shape index (κ2) is 8.63. The average Bonchev–Trinajstić information content (AvgIpc) is 2.69. The van der Waals surface area contributed by atoms with Crippen molar-refractivity contribution in [2.24, 2.45) is 0 Å². The third-order valence-corrected chi connectivity index (χ3v) is 6.66. The molecular formula is C21H26ClN3O3S. The summed E-state index contributed by atoms with van der Waals surface area (Å²) in [5.74, 6) is -0.193. The smallest absolute Gasteiger partial charge is 0.246 e. The van der Waals surface area contributed by atoms with E-state index in [-0.39, 0.29) is 5.91 Å². The predicted molar refractivity (Wildman–Crippen MR) is 118 cm³/mol. The van der Waals surface area contributed by atoms with Gasteiger partial charge in [-0.25, -0.2) is 8.42 Å². The first-order chi connectivity index (χ1) is 13.7. The summed E-state index contributed by atoms with van der Waals surface area (Å²) in [4.78, 5) is 17.1. The molecule has 156 valence electrons. The number of halogens is 1. The van der Waals surface area contributed by atoms with Gasteiger partial charge >= 0.3 is 0 Å². The lowest BCUT2D eigenvalue weighted by Crippen LogP contribution is -2.55. The number of rotatable bonds is 5. The Morgan fingerprint density at radius 1 is 1.07 bits per heavy atom. The summed E-state index contributed by atoms with van der Waals surface area (Å²) in [6, 6.07) is 13.7. The summed E-state index contributed by atoms with van der Waals surface area (Å²) < 4.78 is 26.0. The van der Waals surface area contributed by atoms with Crippen LogP contribution in [0.5, 0.6) is 0 Å². The summed E-state index contributed by atoms with van der Waals surface area (Å²) in [5.41, 5.74) is 2.69. The highest BCUT2D eigenvalue weighted by atomic mass is 35.5. The van der Waals surface area contributed by atoms with E-state index in [4.69, 9.17) is 11.6 Å². The highest BCUT2D eigenvalue weighted by molar-refractivity contribution is 7.92. The maximum atomic E-state index is 13.1. The molecule has 8 heteroatoms. The van der Waals surface area contributed by atoms with Crippen molar-refractivity contribution in [1.29, 1.82) is 0 Å². The molecule has 0 spiro atoms. The van der Waals surface area contributed by atoms with Crippen molar-refractivity contribution in [3.05, 3.63) is 59.1 Å². The first-order valence-electron chi connectivity index (χ1n) is 9.53. The summed E-state index contributed by atoms with van der Waals surface area (Å²) in [6.07, 6.45) is 1.13. The van der Waals surface area contributed by atoms with Crippen LogP contribution < -0.4 is 9.21 Å². The zero-order valence-electron chi connectivity index (χ0n) is 16.9. The monoisotopic (exact) mass is 435 g/mol. The van der Waals surface area contributed by atoms with Crippen LogP contribution >= 0.6 is 11.6 Å². The third kappa shape index (κ3) is 4.85. The molecule has 0 unspecified atom stereocenters. The van der Waals surface area contributed by atoms with Crippen LogP contribution in [0.15, 0.2) is 48.5 Å². The topological polar surface area (TPSA) is 60.9 Å². The number of aryl methyl sites for hydroxylation is 1. The molecular weight excluding hydrogens is 410 g/mol. The van der Waals surface area contributed by atoms with E-state index in [1.165, 1.54) is 4.31 Å². The molecule has 0 saturated carbocycles. The van der Waals surface area contributed by atoms with Gasteiger partial charge in [0.05, 0.1) is 11.9 Å². The van der Waals surface area contributed by atoms with Crippen LogP contribution in [-0.4, -0.2) is 57.7 Å². The Labute approximate surface area is 177 Å². The van der Waals surface area contributed by atoms with E-state index in [9.17, 15) is 13.2 Å². The van der Waals surface area contributed by atoms with Crippen molar-refractivity contribution in [3.8, 4) is 0 Å². The Kier molecular flexibility index (Phi) is 6.39. The Bertz CT molecular complexity index is 974. The van der Waals surface area contributed by atoms with E-state index >= 15 is 0 Å². The molecule has 1 fully saturated rings. The number of carbonyl (C=O) groups excluding carboxylic acids is 1. The van der Waals surface area contributed by atoms with Crippen LogP contribution in [0.3, 0.4) is 0 Å². The van der Waals surface area contributed by atoms with Gasteiger partial charge < -0.3 is 9.80 Å². The number of para-hydroxylation sites is 1. The molecule has 1 amide bonds. The van der Waals surface area contributed by atoms with Gasteiger partial charge in [0.2, 0.25) is 15.9 Å². The molecule has 29 heavy (non-hydrogen) atoms. The molecule has 1 saturated heterocycles. The number of amides is 1. The molecule has 0 aromatic heterocycles. The van der Waals surface area contributed by atoms with Crippen molar-refractivity contribution in [2.45, 2.75) is 19.9 Å². The fourth-order valence-electron chi connectivity index (χ4n) is 3.73. The fraction of sp³-hybridized carbons (Fsp3) is 0.381. The van der Waals surface area contributed by atoms with E-state index in [2.05, 4.69) is 4.90 Å². The van der Waals surface area contributed by atoms with Crippen molar-refractivity contribution in [1.82, 2.24) is 4.90 Å². The van der Waals surface area contributed by atoms with Crippen molar-refractivity contribution < 1.29 is 13.2 Å². The van der Waals surface area contributed by atoms with Crippen molar-refractivity contribution in [2.75, 3.05) is 41.6 Å². The second-order valence-electron chi connectivity index (χ2n) is 7.31. The van der Waals surface area contributed by atoms with Crippen LogP contribution in [0.25, 0.3) is 0 Å². The maximum Gasteiger partial charge on any atom is 0.246 e. The number of benzene rings is 2. The van der Waals surface area contributed by atoms with Gasteiger partial charge in [-0.15, -0.1) is 0 Å². The van der Waals surface area contributed by atoms with Gasteiger partial charge in [-0.3, -0.25) is 9.10 Å². The lowest BCUT2D eigenvalue weighted by Gasteiger charge is -2.39. The molecule has 1 aliphatic heterocycles. The molecule has 1 heterocycles. The number of hydrogen-bond acceptors (Lipinski definition) is 4. The molecule has 0 radical (unpaired) electrons. The molecule has 6 nitrogen and oxygen atoms in total. The Hall–Kier alpha value is -2.25. The quantitative estimate of drug-likeness (QED) is 0.723. The van der Waals surface area contributed by atoms with Gasteiger partial charge in [0, 0.05) is 36.9 Å². The van der Waals surface area contributed by atoms with E-state index in [1.54, 1.807) is 36.1 Å². The lowest BCUT2D eigenvalue weighted by molar-refractivity contribution is -0.132. The van der Waals surface area contributed by atoms with Gasteiger partial charge in [-0.2, -0.15) is 0 Å². The Morgan fingerprint density at radius 3 is 2.28 bits per heavy atom. The van der Waals surface area contributed by atoms with Crippen LogP contribution in [-0.2, 0) is 14.8 Å². The fourth-order valence-corrected chi connectivity index (χ4v) is 5.07. The predicted octanol–water partition coefficient (Wildman–Crippen LogP) is 3.15. The first-order valence-corrected chi connectivity index (χ1v) is 11.8. The molecule has 1 aliphatic rings. The van der Waals surface area contributed by atoms with Crippen molar-refractivity contribution in [3.63, 3.8) is 0 Å². The van der Waals surface area contributed by atoms with Crippen LogP contribution in [0, 0.1) is 6.92 Å². The lowest BCUT2D eigenvalue weighted by atomic mass is 10.1. The molecule has 0 aliphatic carbocycles. The van der Waals surface area contributed by atoms with Gasteiger partial charge in [0.25, 0.3) is 0 Å². The molecule has 0 N–H and O–H groups in total. The van der Waals surface area contributed by atoms with Gasteiger partial charge in [0.15, 0.2) is 0 Å². The Balaban J connectivity index is 1.73. The SMILES string of the molecule is Cc1ccc(Cl)cc1N1CCN(C(=O)[C@H](C)N(c2ccccc2)S(C)(=O)=O)CC1. The zero-order chi connectivity index (χ0) is 21.2. The van der Waals surface area contributed by atoms with Crippen LogP contribution in [0.2, 0.25) is 5.02 Å². The summed E-state index contributed by atoms with van der Waals surface area (Å²) in [7, 11) is -3.60. The maximum absolute atomic E-state index is 13.1. The van der Waals surface area contributed by atoms with E-state index < -0.39 is 16.1 Å². The van der Waals surface area contributed by atoms with E-state index in [1.807, 2.05) is 31.2 Å². The highest BCUT2D eigenvalue weighted by Crippen LogP contribution is 2.26. The molecule has 2 aromatic carbocycles.